The lowest BCUT2D eigenvalue weighted by Gasteiger charge is -2.63. The number of Topliss-reactive ketones (excluding diaryl/α,β-unsaturated/α-hetero) is 2. The maximum absolute atomic E-state index is 13.5. The molecule has 29 heavy (non-hydrogen) atoms. The lowest BCUT2D eigenvalue weighted by Crippen LogP contribution is -2.66. The van der Waals surface area contributed by atoms with Gasteiger partial charge in [-0.15, -0.1) is 0 Å². The Morgan fingerprint density at radius 1 is 1.07 bits per heavy atom. The van der Waals surface area contributed by atoms with E-state index >= 15 is 0 Å². The van der Waals surface area contributed by atoms with E-state index in [-0.39, 0.29) is 47.3 Å². The summed E-state index contributed by atoms with van der Waals surface area (Å²) in [6, 6.07) is 0. The Morgan fingerprint density at radius 3 is 2.41 bits per heavy atom. The molecule has 6 atom stereocenters. The summed E-state index contributed by atoms with van der Waals surface area (Å²) in [4.78, 5) is 37.9. The van der Waals surface area contributed by atoms with Gasteiger partial charge < -0.3 is 14.2 Å². The van der Waals surface area contributed by atoms with Gasteiger partial charge in [0, 0.05) is 36.5 Å². The van der Waals surface area contributed by atoms with Gasteiger partial charge in [-0.2, -0.15) is 0 Å². The van der Waals surface area contributed by atoms with Gasteiger partial charge in [0.1, 0.15) is 23.6 Å². The molecule has 0 aromatic rings. The highest BCUT2D eigenvalue weighted by atomic mass is 16.7. The van der Waals surface area contributed by atoms with Crippen LogP contribution < -0.4 is 0 Å². The minimum absolute atomic E-state index is 0.0444. The zero-order valence-electron chi connectivity index (χ0n) is 18.3. The number of esters is 1. The Hall–Kier alpha value is -1.85. The molecule has 0 aromatic heterocycles. The first-order chi connectivity index (χ1) is 13.4. The summed E-state index contributed by atoms with van der Waals surface area (Å²) in [5, 5.41) is 0. The first kappa shape index (κ1) is 20.4. The lowest BCUT2D eigenvalue weighted by molar-refractivity contribution is -0.224. The zero-order chi connectivity index (χ0) is 21.4. The second-order valence-corrected chi connectivity index (χ2v) is 10.4. The van der Waals surface area contributed by atoms with Crippen molar-refractivity contribution >= 4 is 17.5 Å². The quantitative estimate of drug-likeness (QED) is 0.620. The van der Waals surface area contributed by atoms with Gasteiger partial charge in [0.15, 0.2) is 5.78 Å². The summed E-state index contributed by atoms with van der Waals surface area (Å²) in [6.45, 7) is 11.6. The van der Waals surface area contributed by atoms with Crippen molar-refractivity contribution in [3.63, 3.8) is 0 Å². The molecule has 2 saturated carbocycles. The number of rotatable bonds is 1. The average molecular weight is 405 g/mol. The Kier molecular flexibility index (Phi) is 4.45. The first-order valence-corrected chi connectivity index (χ1v) is 10.7. The monoisotopic (exact) mass is 404 g/mol. The van der Waals surface area contributed by atoms with E-state index in [2.05, 4.69) is 20.8 Å². The molecule has 6 heteroatoms. The number of carbonyl (C=O) groups is 3. The predicted octanol–water partition coefficient (Wildman–Crippen LogP) is 3.72. The molecule has 160 valence electrons. The van der Waals surface area contributed by atoms with E-state index in [9.17, 15) is 14.4 Å². The number of allylic oxidation sites excluding steroid dienone is 1. The smallest absolute Gasteiger partial charge is 0.302 e. The van der Waals surface area contributed by atoms with Crippen LogP contribution in [0.3, 0.4) is 0 Å². The molecule has 0 amide bonds. The third-order valence-corrected chi connectivity index (χ3v) is 8.22. The zero-order valence-corrected chi connectivity index (χ0v) is 18.3. The van der Waals surface area contributed by atoms with Crippen molar-refractivity contribution in [2.45, 2.75) is 91.5 Å². The third-order valence-electron chi connectivity index (χ3n) is 8.22. The predicted molar refractivity (Wildman–Crippen MR) is 105 cm³/mol. The van der Waals surface area contributed by atoms with E-state index < -0.39 is 17.1 Å². The first-order valence-electron chi connectivity index (χ1n) is 10.7. The van der Waals surface area contributed by atoms with E-state index in [0.717, 1.165) is 12.8 Å². The van der Waals surface area contributed by atoms with Crippen molar-refractivity contribution in [1.29, 1.82) is 0 Å². The van der Waals surface area contributed by atoms with E-state index in [0.29, 0.717) is 24.4 Å². The van der Waals surface area contributed by atoms with Gasteiger partial charge in [0.05, 0.1) is 5.57 Å². The van der Waals surface area contributed by atoms with Crippen molar-refractivity contribution < 1.29 is 28.6 Å². The number of hydrogen-bond donors (Lipinski definition) is 0. The molecule has 4 rings (SSSR count). The SMILES string of the molecule is CC(=O)O[C@@H]1CC(=O)[C@@]2(C)[C@H](CC[C@]3(C)OC4=C(C[C@@H]23)C(=O)C[C@@H](C)O4)C1(C)C. The Balaban J connectivity index is 1.74. The van der Waals surface area contributed by atoms with Gasteiger partial charge in [-0.05, 0) is 39.0 Å². The maximum atomic E-state index is 13.5. The van der Waals surface area contributed by atoms with Crippen LogP contribution in [0, 0.1) is 22.7 Å². The van der Waals surface area contributed by atoms with E-state index in [1.165, 1.54) is 6.92 Å². The fraction of sp³-hybridized carbons (Fsp3) is 0.783. The summed E-state index contributed by atoms with van der Waals surface area (Å²) >= 11 is 0. The van der Waals surface area contributed by atoms with Crippen LogP contribution in [0.25, 0.3) is 0 Å². The van der Waals surface area contributed by atoms with Crippen molar-refractivity contribution in [3.8, 4) is 0 Å². The molecule has 6 nitrogen and oxygen atoms in total. The minimum atomic E-state index is -0.644. The van der Waals surface area contributed by atoms with Crippen LogP contribution in [0.15, 0.2) is 11.5 Å². The van der Waals surface area contributed by atoms with Crippen molar-refractivity contribution in [3.05, 3.63) is 11.5 Å². The van der Waals surface area contributed by atoms with Crippen LogP contribution in [0.2, 0.25) is 0 Å². The molecule has 2 heterocycles. The van der Waals surface area contributed by atoms with Crippen LogP contribution in [0.5, 0.6) is 0 Å². The Bertz CT molecular complexity index is 810. The number of ether oxygens (including phenoxy) is 3. The molecular weight excluding hydrogens is 372 g/mol. The lowest BCUT2D eigenvalue weighted by atomic mass is 9.43. The highest BCUT2D eigenvalue weighted by molar-refractivity contribution is 5.97. The fourth-order valence-electron chi connectivity index (χ4n) is 6.63. The normalized spacial score (nSPS) is 43.4. The fourth-order valence-corrected chi connectivity index (χ4v) is 6.63. The summed E-state index contributed by atoms with van der Waals surface area (Å²) in [6.07, 6.45) is 2.02. The van der Waals surface area contributed by atoms with Crippen LogP contribution >= 0.6 is 0 Å². The van der Waals surface area contributed by atoms with Crippen LogP contribution in [-0.2, 0) is 28.6 Å². The molecule has 0 radical (unpaired) electrons. The maximum Gasteiger partial charge on any atom is 0.302 e. The number of hydrogen-bond acceptors (Lipinski definition) is 6. The van der Waals surface area contributed by atoms with Crippen LogP contribution in [0.4, 0.5) is 0 Å². The summed E-state index contributed by atoms with van der Waals surface area (Å²) in [7, 11) is 0. The average Bonchev–Trinajstić information content (AvgIpc) is 2.57. The molecule has 0 spiro atoms. The van der Waals surface area contributed by atoms with Gasteiger partial charge >= 0.3 is 5.97 Å². The second-order valence-electron chi connectivity index (χ2n) is 10.4. The van der Waals surface area contributed by atoms with Crippen molar-refractivity contribution in [2.75, 3.05) is 0 Å². The van der Waals surface area contributed by atoms with Crippen molar-refractivity contribution in [2.24, 2.45) is 22.7 Å². The highest BCUT2D eigenvalue weighted by Crippen LogP contribution is 2.64. The molecule has 4 aliphatic rings. The second kappa shape index (κ2) is 6.32. The van der Waals surface area contributed by atoms with Gasteiger partial charge in [0.25, 0.3) is 5.95 Å². The molecule has 2 aliphatic carbocycles. The number of ketones is 2. The summed E-state index contributed by atoms with van der Waals surface area (Å²) in [5.41, 5.74) is -0.942. The minimum Gasteiger partial charge on any atom is -0.462 e. The number of fused-ring (bicyclic) bond motifs is 3. The largest absolute Gasteiger partial charge is 0.462 e. The Morgan fingerprint density at radius 2 is 1.76 bits per heavy atom. The van der Waals surface area contributed by atoms with Gasteiger partial charge in [-0.1, -0.05) is 20.8 Å². The Labute approximate surface area is 172 Å². The van der Waals surface area contributed by atoms with E-state index in [4.69, 9.17) is 14.2 Å². The third kappa shape index (κ3) is 2.85. The van der Waals surface area contributed by atoms with E-state index in [1.54, 1.807) is 0 Å². The molecule has 0 unspecified atom stereocenters. The molecule has 0 bridgehead atoms. The van der Waals surface area contributed by atoms with Crippen LogP contribution in [0.1, 0.15) is 73.6 Å². The topological polar surface area (TPSA) is 78.9 Å². The molecule has 0 aromatic carbocycles. The standard InChI is InChI=1S/C23H32O6/c1-12-9-15(25)14-10-17-22(5,29-20(14)27-12)8-7-16-21(3,4)19(28-13(2)24)11-18(26)23(16,17)6/h12,16-17,19H,7-11H2,1-6H3/t12-,16-,17-,19-,22+,23+/m1/s1. The summed E-state index contributed by atoms with van der Waals surface area (Å²) < 4.78 is 17.8. The molecule has 0 N–H and O–H groups in total. The van der Waals surface area contributed by atoms with Crippen LogP contribution in [-0.4, -0.2) is 35.3 Å². The van der Waals surface area contributed by atoms with Crippen molar-refractivity contribution in [1.82, 2.24) is 0 Å². The van der Waals surface area contributed by atoms with Gasteiger partial charge in [0.2, 0.25) is 0 Å². The highest BCUT2D eigenvalue weighted by Gasteiger charge is 2.67. The van der Waals surface area contributed by atoms with Gasteiger partial charge in [-0.25, -0.2) is 0 Å². The van der Waals surface area contributed by atoms with Gasteiger partial charge in [-0.3, -0.25) is 14.4 Å². The molecular formula is C23H32O6. The molecule has 2 fully saturated rings. The molecule has 2 aliphatic heterocycles. The molecule has 0 saturated heterocycles. The number of carbonyl (C=O) groups excluding carboxylic acids is 3. The summed E-state index contributed by atoms with van der Waals surface area (Å²) in [5.74, 6) is 0.118. The van der Waals surface area contributed by atoms with E-state index in [1.807, 2.05) is 13.8 Å².